The molecule has 0 radical (unpaired) electrons. The molecule has 0 saturated carbocycles. The molecule has 0 aromatic heterocycles. The molecule has 33 heavy (non-hydrogen) atoms. The first-order valence-electron chi connectivity index (χ1n) is 11.0. The van der Waals surface area contributed by atoms with Crippen LogP contribution in [0.15, 0.2) is 53.4 Å². The SMILES string of the molecule is CC1CN(C(=O)C(C)OC(=O)c2cccc(S(=O)(=O)N3CCc4ccccc43)c2)CC(C)O1. The van der Waals surface area contributed by atoms with E-state index in [-0.39, 0.29) is 28.6 Å². The number of rotatable bonds is 5. The van der Waals surface area contributed by atoms with Crippen molar-refractivity contribution in [1.29, 1.82) is 0 Å². The average molecular weight is 473 g/mol. The van der Waals surface area contributed by atoms with Gasteiger partial charge in [-0.15, -0.1) is 0 Å². The number of carbonyl (C=O) groups excluding carboxylic acids is 2. The monoisotopic (exact) mass is 472 g/mol. The number of carbonyl (C=O) groups is 2. The van der Waals surface area contributed by atoms with Crippen molar-refractivity contribution in [3.63, 3.8) is 0 Å². The highest BCUT2D eigenvalue weighted by atomic mass is 32.2. The van der Waals surface area contributed by atoms with E-state index in [1.165, 1.54) is 35.5 Å². The smallest absolute Gasteiger partial charge is 0.338 e. The van der Waals surface area contributed by atoms with Crippen LogP contribution >= 0.6 is 0 Å². The molecule has 0 bridgehead atoms. The molecule has 0 aliphatic carbocycles. The fraction of sp³-hybridized carbons (Fsp3) is 0.417. The summed E-state index contributed by atoms with van der Waals surface area (Å²) in [6.07, 6.45) is -0.563. The average Bonchev–Trinajstić information content (AvgIpc) is 3.23. The van der Waals surface area contributed by atoms with E-state index in [2.05, 4.69) is 0 Å². The van der Waals surface area contributed by atoms with Crippen LogP contribution in [0.4, 0.5) is 5.69 Å². The van der Waals surface area contributed by atoms with Gasteiger partial charge in [-0.25, -0.2) is 13.2 Å². The first kappa shape index (κ1) is 23.3. The van der Waals surface area contributed by atoms with Crippen LogP contribution in [0, 0.1) is 0 Å². The van der Waals surface area contributed by atoms with Crippen molar-refractivity contribution >= 4 is 27.6 Å². The van der Waals surface area contributed by atoms with E-state index in [0.29, 0.717) is 31.7 Å². The molecule has 0 spiro atoms. The molecule has 1 amide bonds. The molecule has 2 aromatic carbocycles. The molecule has 9 heteroatoms. The summed E-state index contributed by atoms with van der Waals surface area (Å²) in [7, 11) is -3.85. The highest BCUT2D eigenvalue weighted by Gasteiger charge is 2.33. The third-order valence-corrected chi connectivity index (χ3v) is 7.67. The summed E-state index contributed by atoms with van der Waals surface area (Å²) in [5.41, 5.74) is 1.70. The molecule has 176 valence electrons. The van der Waals surface area contributed by atoms with Gasteiger partial charge in [0.25, 0.3) is 15.9 Å². The number of esters is 1. The number of benzene rings is 2. The van der Waals surface area contributed by atoms with Crippen molar-refractivity contribution in [2.24, 2.45) is 0 Å². The number of fused-ring (bicyclic) bond motifs is 1. The van der Waals surface area contributed by atoms with Crippen LogP contribution in [0.1, 0.15) is 36.7 Å². The van der Waals surface area contributed by atoms with E-state index < -0.39 is 22.1 Å². The van der Waals surface area contributed by atoms with Crippen LogP contribution in [0.25, 0.3) is 0 Å². The summed E-state index contributed by atoms with van der Waals surface area (Å²) in [5.74, 6) is -1.05. The number of anilines is 1. The molecule has 0 N–H and O–H groups in total. The lowest BCUT2D eigenvalue weighted by Crippen LogP contribution is -2.51. The number of para-hydroxylation sites is 1. The predicted octanol–water partition coefficient (Wildman–Crippen LogP) is 2.62. The number of hydrogen-bond donors (Lipinski definition) is 0. The molecule has 2 aromatic rings. The van der Waals surface area contributed by atoms with E-state index in [1.54, 1.807) is 17.0 Å². The minimum Gasteiger partial charge on any atom is -0.449 e. The zero-order valence-corrected chi connectivity index (χ0v) is 19.7. The normalized spacial score (nSPS) is 21.4. The molecule has 2 heterocycles. The molecule has 4 rings (SSSR count). The second-order valence-corrected chi connectivity index (χ2v) is 10.4. The lowest BCUT2D eigenvalue weighted by Gasteiger charge is -2.36. The minimum atomic E-state index is -3.85. The zero-order valence-electron chi connectivity index (χ0n) is 18.9. The maximum absolute atomic E-state index is 13.3. The summed E-state index contributed by atoms with van der Waals surface area (Å²) in [6.45, 7) is 6.49. The van der Waals surface area contributed by atoms with Gasteiger partial charge in [0.1, 0.15) is 0 Å². The van der Waals surface area contributed by atoms with Gasteiger partial charge in [-0.2, -0.15) is 0 Å². The lowest BCUT2D eigenvalue weighted by molar-refractivity contribution is -0.151. The van der Waals surface area contributed by atoms with E-state index in [0.717, 1.165) is 5.56 Å². The van der Waals surface area contributed by atoms with Gasteiger partial charge in [0, 0.05) is 19.6 Å². The van der Waals surface area contributed by atoms with Crippen molar-refractivity contribution in [2.75, 3.05) is 23.9 Å². The number of nitrogens with zero attached hydrogens (tertiary/aromatic N) is 2. The third kappa shape index (κ3) is 4.74. The van der Waals surface area contributed by atoms with Crippen LogP contribution in [-0.2, 0) is 30.7 Å². The van der Waals surface area contributed by atoms with Gasteiger partial charge in [-0.05, 0) is 57.0 Å². The first-order chi connectivity index (χ1) is 15.7. The summed E-state index contributed by atoms with van der Waals surface area (Å²) in [5, 5.41) is 0. The Morgan fingerprint density at radius 1 is 1.06 bits per heavy atom. The Morgan fingerprint density at radius 3 is 2.48 bits per heavy atom. The maximum Gasteiger partial charge on any atom is 0.338 e. The highest BCUT2D eigenvalue weighted by Crippen LogP contribution is 2.32. The van der Waals surface area contributed by atoms with Gasteiger partial charge in [0.15, 0.2) is 6.10 Å². The highest BCUT2D eigenvalue weighted by molar-refractivity contribution is 7.92. The van der Waals surface area contributed by atoms with Crippen molar-refractivity contribution in [3.8, 4) is 0 Å². The molecule has 1 fully saturated rings. The molecule has 2 aliphatic heterocycles. The van der Waals surface area contributed by atoms with Crippen molar-refractivity contribution in [3.05, 3.63) is 59.7 Å². The number of sulfonamides is 1. The molecule has 3 unspecified atom stereocenters. The summed E-state index contributed by atoms with van der Waals surface area (Å²) >= 11 is 0. The van der Waals surface area contributed by atoms with Crippen molar-refractivity contribution in [1.82, 2.24) is 4.90 Å². The second kappa shape index (κ2) is 9.15. The molecule has 8 nitrogen and oxygen atoms in total. The van der Waals surface area contributed by atoms with Crippen LogP contribution in [0.5, 0.6) is 0 Å². The Bertz CT molecular complexity index is 1160. The standard InChI is InChI=1S/C24H28N2O6S/c1-16-14-25(15-17(2)31-16)23(27)18(3)32-24(28)20-8-6-9-21(13-20)33(29,30)26-12-11-19-7-4-5-10-22(19)26/h4-10,13,16-18H,11-12,14-15H2,1-3H3. The van der Waals surface area contributed by atoms with Gasteiger partial charge in [0.05, 0.1) is 28.4 Å². The van der Waals surface area contributed by atoms with Crippen LogP contribution in [-0.4, -0.2) is 63.1 Å². The van der Waals surface area contributed by atoms with Crippen LogP contribution in [0.2, 0.25) is 0 Å². The van der Waals surface area contributed by atoms with Gasteiger partial charge in [-0.3, -0.25) is 9.10 Å². The fourth-order valence-corrected chi connectivity index (χ4v) is 5.91. The predicted molar refractivity (Wildman–Crippen MR) is 123 cm³/mol. The van der Waals surface area contributed by atoms with Gasteiger partial charge in [-0.1, -0.05) is 24.3 Å². The number of amides is 1. The Morgan fingerprint density at radius 2 is 1.76 bits per heavy atom. The van der Waals surface area contributed by atoms with E-state index in [4.69, 9.17) is 9.47 Å². The molecular weight excluding hydrogens is 444 g/mol. The lowest BCUT2D eigenvalue weighted by atomic mass is 10.2. The largest absolute Gasteiger partial charge is 0.449 e. The molecular formula is C24H28N2O6S. The molecule has 2 aliphatic rings. The molecule has 3 atom stereocenters. The van der Waals surface area contributed by atoms with E-state index in [9.17, 15) is 18.0 Å². The van der Waals surface area contributed by atoms with Crippen molar-refractivity contribution < 1.29 is 27.5 Å². The second-order valence-electron chi connectivity index (χ2n) is 8.53. The Hall–Kier alpha value is -2.91. The van der Waals surface area contributed by atoms with Crippen LogP contribution < -0.4 is 4.31 Å². The number of morpholine rings is 1. The number of hydrogen-bond acceptors (Lipinski definition) is 6. The van der Waals surface area contributed by atoms with Gasteiger partial charge >= 0.3 is 5.97 Å². The number of ether oxygens (including phenoxy) is 2. The quantitative estimate of drug-likeness (QED) is 0.621. The Kier molecular flexibility index (Phi) is 6.45. The third-order valence-electron chi connectivity index (χ3n) is 5.87. The Balaban J connectivity index is 1.48. The van der Waals surface area contributed by atoms with E-state index in [1.807, 2.05) is 26.0 Å². The summed E-state index contributed by atoms with van der Waals surface area (Å²) in [6, 6.07) is 13.1. The zero-order chi connectivity index (χ0) is 23.8. The van der Waals surface area contributed by atoms with E-state index >= 15 is 0 Å². The first-order valence-corrected chi connectivity index (χ1v) is 12.5. The summed E-state index contributed by atoms with van der Waals surface area (Å²) in [4.78, 5) is 27.1. The van der Waals surface area contributed by atoms with Crippen LogP contribution in [0.3, 0.4) is 0 Å². The maximum atomic E-state index is 13.3. The van der Waals surface area contributed by atoms with Crippen molar-refractivity contribution in [2.45, 2.75) is 50.4 Å². The minimum absolute atomic E-state index is 0.00321. The molecule has 1 saturated heterocycles. The van der Waals surface area contributed by atoms with Gasteiger partial charge in [0.2, 0.25) is 0 Å². The topological polar surface area (TPSA) is 93.2 Å². The fourth-order valence-electron chi connectivity index (χ4n) is 4.36. The van der Waals surface area contributed by atoms with Gasteiger partial charge < -0.3 is 14.4 Å². The Labute approximate surface area is 194 Å². The summed E-state index contributed by atoms with van der Waals surface area (Å²) < 4.78 is 38.9.